The maximum atomic E-state index is 11.0. The van der Waals surface area contributed by atoms with Crippen molar-refractivity contribution in [3.63, 3.8) is 0 Å². The molecule has 2 unspecified atom stereocenters. The largest absolute Gasteiger partial charge is 0.479 e. The molecule has 0 radical (unpaired) electrons. The first kappa shape index (κ1) is 20.9. The van der Waals surface area contributed by atoms with Gasteiger partial charge in [0.05, 0.1) is 0 Å². The van der Waals surface area contributed by atoms with E-state index in [0.717, 1.165) is 25.7 Å². The van der Waals surface area contributed by atoms with E-state index in [1.165, 1.54) is 32.1 Å². The van der Waals surface area contributed by atoms with Gasteiger partial charge < -0.3 is 20.4 Å². The molecule has 4 N–H and O–H groups in total. The van der Waals surface area contributed by atoms with Crippen molar-refractivity contribution in [2.45, 2.75) is 89.3 Å². The lowest BCUT2D eigenvalue weighted by atomic mass is 9.90. The number of hydrogen-bond donors (Lipinski definition) is 4. The lowest BCUT2D eigenvalue weighted by molar-refractivity contribution is -0.184. The predicted molar refractivity (Wildman–Crippen MR) is 82.7 cm³/mol. The number of aliphatic hydroxyl groups excluding tert-OH is 1. The molecule has 0 heterocycles. The Balaban J connectivity index is 3.83. The van der Waals surface area contributed by atoms with Gasteiger partial charge in [-0.05, 0) is 12.8 Å². The van der Waals surface area contributed by atoms with Gasteiger partial charge in [-0.25, -0.2) is 9.59 Å². The van der Waals surface area contributed by atoms with Crippen molar-refractivity contribution in [3.8, 4) is 0 Å². The lowest BCUT2D eigenvalue weighted by Crippen LogP contribution is -2.53. The van der Waals surface area contributed by atoms with Crippen molar-refractivity contribution in [3.05, 3.63) is 0 Å². The second-order valence-electron chi connectivity index (χ2n) is 5.90. The van der Waals surface area contributed by atoms with Crippen molar-refractivity contribution in [2.75, 3.05) is 0 Å². The molecule has 0 aliphatic rings. The highest BCUT2D eigenvalue weighted by Gasteiger charge is 2.47. The van der Waals surface area contributed by atoms with Crippen molar-refractivity contribution >= 4 is 11.9 Å². The van der Waals surface area contributed by atoms with Crippen molar-refractivity contribution in [1.82, 2.24) is 0 Å². The van der Waals surface area contributed by atoms with E-state index in [1.54, 1.807) is 0 Å². The summed E-state index contributed by atoms with van der Waals surface area (Å²) in [7, 11) is 0. The van der Waals surface area contributed by atoms with E-state index >= 15 is 0 Å². The number of carbonyl (C=O) groups is 2. The Labute approximate surface area is 132 Å². The third-order valence-corrected chi connectivity index (χ3v) is 3.97. The Kier molecular flexibility index (Phi) is 10.8. The number of aliphatic hydroxyl groups is 2. The zero-order valence-electron chi connectivity index (χ0n) is 13.5. The first-order chi connectivity index (χ1) is 10.4. The van der Waals surface area contributed by atoms with Crippen LogP contribution in [0.4, 0.5) is 0 Å². The van der Waals surface area contributed by atoms with Crippen LogP contribution in [0.1, 0.15) is 77.6 Å². The fraction of sp³-hybridized carbons (Fsp3) is 0.875. The van der Waals surface area contributed by atoms with E-state index in [0.29, 0.717) is 6.42 Å². The molecular weight excluding hydrogens is 288 g/mol. The molecule has 0 saturated heterocycles. The van der Waals surface area contributed by atoms with Gasteiger partial charge >= 0.3 is 11.9 Å². The molecule has 0 aromatic rings. The SMILES string of the molecule is CCCCCCCCCCCCC(O)(C(=O)O)C(O)C(=O)O. The molecule has 6 heteroatoms. The molecule has 0 rings (SSSR count). The van der Waals surface area contributed by atoms with Crippen LogP contribution >= 0.6 is 0 Å². The summed E-state index contributed by atoms with van der Waals surface area (Å²) in [6.07, 6.45) is 7.89. The van der Waals surface area contributed by atoms with Gasteiger partial charge in [-0.2, -0.15) is 0 Å². The van der Waals surface area contributed by atoms with Gasteiger partial charge in [-0.15, -0.1) is 0 Å². The summed E-state index contributed by atoms with van der Waals surface area (Å²) in [5, 5.41) is 36.7. The van der Waals surface area contributed by atoms with E-state index < -0.39 is 23.6 Å². The average molecular weight is 318 g/mol. The van der Waals surface area contributed by atoms with Gasteiger partial charge in [0.1, 0.15) is 0 Å². The molecule has 0 bridgehead atoms. The van der Waals surface area contributed by atoms with E-state index in [-0.39, 0.29) is 6.42 Å². The number of aliphatic carboxylic acids is 2. The number of unbranched alkanes of at least 4 members (excludes halogenated alkanes) is 9. The molecule has 0 aliphatic heterocycles. The summed E-state index contributed by atoms with van der Waals surface area (Å²) in [5.74, 6) is -3.42. The number of carboxylic acids is 2. The summed E-state index contributed by atoms with van der Waals surface area (Å²) in [4.78, 5) is 21.6. The fourth-order valence-electron chi connectivity index (χ4n) is 2.45. The molecule has 0 fully saturated rings. The molecule has 0 spiro atoms. The molecule has 0 aromatic carbocycles. The maximum absolute atomic E-state index is 11.0. The van der Waals surface area contributed by atoms with E-state index in [2.05, 4.69) is 6.92 Å². The van der Waals surface area contributed by atoms with Crippen molar-refractivity contribution in [1.29, 1.82) is 0 Å². The summed E-state index contributed by atoms with van der Waals surface area (Å²) in [6.45, 7) is 2.18. The third-order valence-electron chi connectivity index (χ3n) is 3.97. The van der Waals surface area contributed by atoms with E-state index in [1.807, 2.05) is 0 Å². The number of carboxylic acid groups (broad SMARTS) is 2. The Morgan fingerprint density at radius 1 is 0.864 bits per heavy atom. The van der Waals surface area contributed by atoms with Gasteiger partial charge in [-0.1, -0.05) is 64.7 Å². The van der Waals surface area contributed by atoms with Gasteiger partial charge in [-0.3, -0.25) is 0 Å². The minimum atomic E-state index is -2.61. The van der Waals surface area contributed by atoms with Crippen molar-refractivity contribution in [2.24, 2.45) is 0 Å². The van der Waals surface area contributed by atoms with Crippen LogP contribution in [0.3, 0.4) is 0 Å². The molecule has 0 aromatic heterocycles. The number of hydrogen-bond acceptors (Lipinski definition) is 4. The van der Waals surface area contributed by atoms with Crippen LogP contribution in [0.15, 0.2) is 0 Å². The standard InChI is InChI=1S/C16H30O6/c1-2-3-4-5-6-7-8-9-10-11-12-16(22,15(20)21)13(17)14(18)19/h13,17,22H,2-12H2,1H3,(H,18,19)(H,20,21). The molecule has 2 atom stereocenters. The van der Waals surface area contributed by atoms with Crippen molar-refractivity contribution < 1.29 is 30.0 Å². The van der Waals surface area contributed by atoms with Crippen LogP contribution in [0.2, 0.25) is 0 Å². The minimum absolute atomic E-state index is 0.258. The highest BCUT2D eigenvalue weighted by Crippen LogP contribution is 2.21. The molecule has 0 amide bonds. The van der Waals surface area contributed by atoms with Crippen LogP contribution in [-0.4, -0.2) is 44.1 Å². The summed E-state index contributed by atoms with van der Waals surface area (Å²) in [6, 6.07) is 0. The Bertz CT molecular complexity index is 331. The average Bonchev–Trinajstić information content (AvgIpc) is 2.47. The topological polar surface area (TPSA) is 115 Å². The molecule has 0 saturated carbocycles. The van der Waals surface area contributed by atoms with Crippen LogP contribution < -0.4 is 0 Å². The summed E-state index contributed by atoms with van der Waals surface area (Å²) in [5.41, 5.74) is -2.61. The van der Waals surface area contributed by atoms with Crippen LogP contribution in [0, 0.1) is 0 Å². The molecule has 130 valence electrons. The highest BCUT2D eigenvalue weighted by atomic mass is 16.4. The first-order valence-corrected chi connectivity index (χ1v) is 8.23. The molecule has 22 heavy (non-hydrogen) atoms. The maximum Gasteiger partial charge on any atom is 0.339 e. The summed E-state index contributed by atoms with van der Waals surface area (Å²) < 4.78 is 0. The number of rotatable bonds is 14. The smallest absolute Gasteiger partial charge is 0.339 e. The third kappa shape index (κ3) is 7.75. The lowest BCUT2D eigenvalue weighted by Gasteiger charge is -2.25. The van der Waals surface area contributed by atoms with Crippen LogP contribution in [0.25, 0.3) is 0 Å². The quantitative estimate of drug-likeness (QED) is 0.366. The zero-order valence-corrected chi connectivity index (χ0v) is 13.5. The highest BCUT2D eigenvalue weighted by molar-refractivity contribution is 5.87. The molecular formula is C16H30O6. The summed E-state index contributed by atoms with van der Waals surface area (Å²) >= 11 is 0. The van der Waals surface area contributed by atoms with Gasteiger partial charge in [0.2, 0.25) is 0 Å². The fourth-order valence-corrected chi connectivity index (χ4v) is 2.45. The van der Waals surface area contributed by atoms with E-state index in [4.69, 9.17) is 10.2 Å². The Hall–Kier alpha value is -1.14. The second-order valence-corrected chi connectivity index (χ2v) is 5.90. The predicted octanol–water partition coefficient (Wildman–Crippen LogP) is 2.56. The Morgan fingerprint density at radius 2 is 1.27 bits per heavy atom. The van der Waals surface area contributed by atoms with Gasteiger partial charge in [0.25, 0.3) is 0 Å². The van der Waals surface area contributed by atoms with Crippen LogP contribution in [-0.2, 0) is 9.59 Å². The van der Waals surface area contributed by atoms with Gasteiger partial charge in [0.15, 0.2) is 11.7 Å². The molecule has 6 nitrogen and oxygen atoms in total. The minimum Gasteiger partial charge on any atom is -0.479 e. The monoisotopic (exact) mass is 318 g/mol. The zero-order chi connectivity index (χ0) is 17.0. The van der Waals surface area contributed by atoms with Gasteiger partial charge in [0, 0.05) is 0 Å². The van der Waals surface area contributed by atoms with Crippen LogP contribution in [0.5, 0.6) is 0 Å². The second kappa shape index (κ2) is 11.4. The first-order valence-electron chi connectivity index (χ1n) is 8.23. The van der Waals surface area contributed by atoms with E-state index in [9.17, 15) is 19.8 Å². The Morgan fingerprint density at radius 3 is 1.64 bits per heavy atom. The normalized spacial score (nSPS) is 15.2. The molecule has 0 aliphatic carbocycles.